The van der Waals surface area contributed by atoms with Crippen LogP contribution < -0.4 is 5.73 Å². The molecule has 0 aliphatic rings. The molecular formula is C9H10N2OS. The molecule has 1 rings (SSSR count). The van der Waals surface area contributed by atoms with Crippen molar-refractivity contribution >= 4 is 10.8 Å². The molecule has 0 bridgehead atoms. The molecule has 4 heteroatoms. The van der Waals surface area contributed by atoms with E-state index in [9.17, 15) is 4.21 Å². The number of hydrogen-bond donors (Lipinski definition) is 1. The van der Waals surface area contributed by atoms with E-state index in [0.29, 0.717) is 11.4 Å². The predicted molar refractivity (Wildman–Crippen MR) is 51.2 cm³/mol. The fourth-order valence-electron chi connectivity index (χ4n) is 1.03. The van der Waals surface area contributed by atoms with Gasteiger partial charge in [0.05, 0.1) is 16.9 Å². The smallest absolute Gasteiger partial charge is 0.115 e. The Morgan fingerprint density at radius 2 is 2.15 bits per heavy atom. The molecule has 0 amide bonds. The normalized spacial score (nSPS) is 12.0. The first kappa shape index (κ1) is 9.90. The quantitative estimate of drug-likeness (QED) is 0.773. The summed E-state index contributed by atoms with van der Waals surface area (Å²) in [5.41, 5.74) is 6.31. The lowest BCUT2D eigenvalue weighted by Crippen LogP contribution is -2.04. The van der Waals surface area contributed by atoms with Crippen LogP contribution in [0.25, 0.3) is 0 Å². The molecule has 0 aliphatic heterocycles. The van der Waals surface area contributed by atoms with Gasteiger partial charge in [-0.25, -0.2) is 0 Å². The van der Waals surface area contributed by atoms with Crippen LogP contribution in [-0.2, 0) is 17.3 Å². The zero-order valence-electron chi connectivity index (χ0n) is 7.06. The molecule has 0 saturated carbocycles. The molecule has 0 saturated heterocycles. The van der Waals surface area contributed by atoms with Crippen LogP contribution in [0.15, 0.2) is 29.2 Å². The van der Waals surface area contributed by atoms with Gasteiger partial charge in [0, 0.05) is 11.4 Å². The predicted octanol–water partition coefficient (Wildman–Crippen LogP) is 0.776. The first-order valence-corrected chi connectivity index (χ1v) is 5.14. The first-order valence-electron chi connectivity index (χ1n) is 3.83. The zero-order chi connectivity index (χ0) is 9.68. The van der Waals surface area contributed by atoms with E-state index in [-0.39, 0.29) is 5.75 Å². The molecule has 3 nitrogen and oxygen atoms in total. The second-order valence-electron chi connectivity index (χ2n) is 2.46. The molecule has 0 aliphatic carbocycles. The highest BCUT2D eigenvalue weighted by atomic mass is 32.2. The number of hydrogen-bond acceptors (Lipinski definition) is 3. The first-order chi connectivity index (χ1) is 6.29. The van der Waals surface area contributed by atoms with E-state index in [1.165, 1.54) is 0 Å². The van der Waals surface area contributed by atoms with Gasteiger partial charge in [-0.05, 0) is 11.6 Å². The monoisotopic (exact) mass is 194 g/mol. The average molecular weight is 194 g/mol. The summed E-state index contributed by atoms with van der Waals surface area (Å²) < 4.78 is 11.5. The summed E-state index contributed by atoms with van der Waals surface area (Å²) in [5, 5.41) is 8.39. The lowest BCUT2D eigenvalue weighted by molar-refractivity contribution is 0.684. The maximum absolute atomic E-state index is 11.5. The van der Waals surface area contributed by atoms with Gasteiger partial charge in [-0.2, -0.15) is 5.26 Å². The molecule has 2 N–H and O–H groups in total. The van der Waals surface area contributed by atoms with Crippen molar-refractivity contribution in [2.75, 3.05) is 5.75 Å². The van der Waals surface area contributed by atoms with Crippen LogP contribution in [0.4, 0.5) is 0 Å². The van der Waals surface area contributed by atoms with E-state index in [4.69, 9.17) is 11.0 Å². The molecule has 0 aromatic heterocycles. The maximum Gasteiger partial charge on any atom is 0.115 e. The fourth-order valence-corrected chi connectivity index (χ4v) is 1.98. The summed E-state index contributed by atoms with van der Waals surface area (Å²) in [6.45, 7) is 0.355. The largest absolute Gasteiger partial charge is 0.326 e. The molecule has 1 unspecified atom stereocenters. The minimum atomic E-state index is -1.24. The van der Waals surface area contributed by atoms with Crippen LogP contribution in [-0.4, -0.2) is 9.96 Å². The third-order valence-corrected chi connectivity index (χ3v) is 2.91. The summed E-state index contributed by atoms with van der Waals surface area (Å²) >= 11 is 0. The molecule has 1 atom stereocenters. The van der Waals surface area contributed by atoms with E-state index >= 15 is 0 Å². The number of rotatable bonds is 3. The average Bonchev–Trinajstić information content (AvgIpc) is 2.18. The molecule has 0 spiro atoms. The summed E-state index contributed by atoms with van der Waals surface area (Å²) in [5.74, 6) is 0.0248. The number of nitrogens with zero attached hydrogens (tertiary/aromatic N) is 1. The van der Waals surface area contributed by atoms with E-state index in [1.807, 2.05) is 18.2 Å². The molecular weight excluding hydrogens is 184 g/mol. The van der Waals surface area contributed by atoms with E-state index in [0.717, 1.165) is 5.56 Å². The Morgan fingerprint density at radius 3 is 2.77 bits per heavy atom. The molecule has 1 aromatic rings. The summed E-state index contributed by atoms with van der Waals surface area (Å²) in [7, 11) is -1.24. The van der Waals surface area contributed by atoms with E-state index in [2.05, 4.69) is 0 Å². The summed E-state index contributed by atoms with van der Waals surface area (Å²) in [6, 6.07) is 9.08. The Balaban J connectivity index is 3.00. The lowest BCUT2D eigenvalue weighted by Gasteiger charge is -2.03. The molecule has 13 heavy (non-hydrogen) atoms. The molecule has 0 heterocycles. The molecule has 68 valence electrons. The van der Waals surface area contributed by atoms with Crippen molar-refractivity contribution in [3.05, 3.63) is 29.8 Å². The molecule has 1 aromatic carbocycles. The van der Waals surface area contributed by atoms with Crippen LogP contribution in [0.1, 0.15) is 5.56 Å². The van der Waals surface area contributed by atoms with Crippen molar-refractivity contribution in [2.24, 2.45) is 5.73 Å². The topological polar surface area (TPSA) is 66.9 Å². The third kappa shape index (κ3) is 2.38. The highest BCUT2D eigenvalue weighted by Gasteiger charge is 2.06. The SMILES string of the molecule is N#CCS(=O)c1ccccc1CN. The number of nitrogens with two attached hydrogens (primary N) is 1. The van der Waals surface area contributed by atoms with Gasteiger partial charge < -0.3 is 5.73 Å². The van der Waals surface area contributed by atoms with Gasteiger partial charge in [-0.15, -0.1) is 0 Å². The van der Waals surface area contributed by atoms with Crippen molar-refractivity contribution in [2.45, 2.75) is 11.4 Å². The number of benzene rings is 1. The van der Waals surface area contributed by atoms with Crippen LogP contribution in [0.5, 0.6) is 0 Å². The van der Waals surface area contributed by atoms with Crippen LogP contribution in [0, 0.1) is 11.3 Å². The van der Waals surface area contributed by atoms with Crippen LogP contribution >= 0.6 is 0 Å². The van der Waals surface area contributed by atoms with Crippen molar-refractivity contribution in [3.63, 3.8) is 0 Å². The van der Waals surface area contributed by atoms with Crippen molar-refractivity contribution in [3.8, 4) is 6.07 Å². The van der Waals surface area contributed by atoms with Gasteiger partial charge >= 0.3 is 0 Å². The van der Waals surface area contributed by atoms with Crippen molar-refractivity contribution < 1.29 is 4.21 Å². The standard InChI is InChI=1S/C9H10N2OS/c10-5-6-13(12)9-4-2-1-3-8(9)7-11/h1-4H,6-7,11H2. The highest BCUT2D eigenvalue weighted by Crippen LogP contribution is 2.12. The minimum absolute atomic E-state index is 0.0248. The Kier molecular flexibility index (Phi) is 3.62. The third-order valence-electron chi connectivity index (χ3n) is 1.63. The Morgan fingerprint density at radius 1 is 1.46 bits per heavy atom. The molecule has 0 fully saturated rings. The minimum Gasteiger partial charge on any atom is -0.326 e. The highest BCUT2D eigenvalue weighted by molar-refractivity contribution is 7.85. The van der Waals surface area contributed by atoms with Crippen molar-refractivity contribution in [1.29, 1.82) is 5.26 Å². The van der Waals surface area contributed by atoms with Gasteiger partial charge in [0.25, 0.3) is 0 Å². The van der Waals surface area contributed by atoms with E-state index in [1.54, 1.807) is 12.1 Å². The van der Waals surface area contributed by atoms with Gasteiger partial charge in [-0.3, -0.25) is 4.21 Å². The Labute approximate surface area is 79.6 Å². The lowest BCUT2D eigenvalue weighted by atomic mass is 10.2. The maximum atomic E-state index is 11.5. The van der Waals surface area contributed by atoms with Gasteiger partial charge in [0.1, 0.15) is 5.75 Å². The van der Waals surface area contributed by atoms with Crippen LogP contribution in [0.2, 0.25) is 0 Å². The Hall–Kier alpha value is -1.18. The van der Waals surface area contributed by atoms with Gasteiger partial charge in [0.15, 0.2) is 0 Å². The Bertz CT molecular complexity index is 357. The number of nitriles is 1. The van der Waals surface area contributed by atoms with Crippen LogP contribution in [0.3, 0.4) is 0 Å². The summed E-state index contributed by atoms with van der Waals surface area (Å²) in [4.78, 5) is 0.673. The fraction of sp³-hybridized carbons (Fsp3) is 0.222. The van der Waals surface area contributed by atoms with Gasteiger partial charge in [-0.1, -0.05) is 18.2 Å². The summed E-state index contributed by atoms with van der Waals surface area (Å²) in [6.07, 6.45) is 0. The second-order valence-corrected chi connectivity index (χ2v) is 3.88. The van der Waals surface area contributed by atoms with E-state index < -0.39 is 10.8 Å². The molecule has 0 radical (unpaired) electrons. The van der Waals surface area contributed by atoms with Crippen molar-refractivity contribution in [1.82, 2.24) is 0 Å². The second kappa shape index (κ2) is 4.75. The van der Waals surface area contributed by atoms with Gasteiger partial charge in [0.2, 0.25) is 0 Å². The zero-order valence-corrected chi connectivity index (χ0v) is 7.88.